The fourth-order valence-electron chi connectivity index (χ4n) is 4.23. The predicted molar refractivity (Wildman–Crippen MR) is 137 cm³/mol. The van der Waals surface area contributed by atoms with Crippen LogP contribution in [0, 0.1) is 0 Å². The predicted octanol–water partition coefficient (Wildman–Crippen LogP) is 6.36. The molecule has 166 valence electrons. The van der Waals surface area contributed by atoms with E-state index in [4.69, 9.17) is 40.2 Å². The average molecular weight is 495 g/mol. The van der Waals surface area contributed by atoms with E-state index in [1.807, 2.05) is 72.9 Å². The standard InChI is InChI=1S/C25H20Cl2N4OS/c1-32-22-11-10-18(15-19(22)27)31-24(23(29-25(31)33)20-8-2-3-12-28-20)21-9-5-13-30(21)17-7-4-6-16(26)14-17/h2-15,23-24H,1H3,(H,29,33)/t23-,24-/m1/s1. The highest BCUT2D eigenvalue weighted by molar-refractivity contribution is 7.80. The van der Waals surface area contributed by atoms with Crippen LogP contribution in [0.1, 0.15) is 23.5 Å². The maximum atomic E-state index is 6.48. The van der Waals surface area contributed by atoms with Crippen LogP contribution < -0.4 is 15.0 Å². The molecule has 1 N–H and O–H groups in total. The van der Waals surface area contributed by atoms with E-state index < -0.39 is 0 Å². The lowest BCUT2D eigenvalue weighted by Crippen LogP contribution is -2.30. The quantitative estimate of drug-likeness (QED) is 0.326. The lowest BCUT2D eigenvalue weighted by molar-refractivity contribution is 0.415. The average Bonchev–Trinajstić information content (AvgIpc) is 3.44. The second-order valence-electron chi connectivity index (χ2n) is 7.60. The monoisotopic (exact) mass is 494 g/mol. The third-order valence-corrected chi connectivity index (χ3v) is 6.53. The van der Waals surface area contributed by atoms with E-state index in [9.17, 15) is 0 Å². The summed E-state index contributed by atoms with van der Waals surface area (Å²) in [7, 11) is 1.60. The first-order valence-electron chi connectivity index (χ1n) is 10.3. The molecule has 2 atom stereocenters. The van der Waals surface area contributed by atoms with Crippen LogP contribution in [0.25, 0.3) is 5.69 Å². The lowest BCUT2D eigenvalue weighted by atomic mass is 10.0. The minimum absolute atomic E-state index is 0.174. The van der Waals surface area contributed by atoms with Gasteiger partial charge in [0.1, 0.15) is 11.8 Å². The Hall–Kier alpha value is -3.06. The number of hydrogen-bond acceptors (Lipinski definition) is 3. The van der Waals surface area contributed by atoms with Gasteiger partial charge >= 0.3 is 0 Å². The Morgan fingerprint density at radius 1 is 0.970 bits per heavy atom. The minimum Gasteiger partial charge on any atom is -0.495 e. The van der Waals surface area contributed by atoms with Crippen molar-refractivity contribution in [2.24, 2.45) is 0 Å². The number of halogens is 2. The SMILES string of the molecule is COc1ccc(N2C(=S)N[C@H](c3ccccn3)[C@H]2c2cccn2-c2cccc(Cl)c2)cc1Cl. The summed E-state index contributed by atoms with van der Waals surface area (Å²) in [4.78, 5) is 6.70. The summed E-state index contributed by atoms with van der Waals surface area (Å²) >= 11 is 18.6. The van der Waals surface area contributed by atoms with Gasteiger partial charge < -0.3 is 19.5 Å². The van der Waals surface area contributed by atoms with Crippen LogP contribution in [-0.2, 0) is 0 Å². The molecular weight excluding hydrogens is 475 g/mol. The smallest absolute Gasteiger partial charge is 0.174 e. The van der Waals surface area contributed by atoms with Gasteiger partial charge in [-0.1, -0.05) is 35.3 Å². The highest BCUT2D eigenvalue weighted by Crippen LogP contribution is 2.43. The zero-order chi connectivity index (χ0) is 22.9. The van der Waals surface area contributed by atoms with E-state index >= 15 is 0 Å². The van der Waals surface area contributed by atoms with Crippen molar-refractivity contribution in [2.45, 2.75) is 12.1 Å². The lowest BCUT2D eigenvalue weighted by Gasteiger charge is -2.29. The third-order valence-electron chi connectivity index (χ3n) is 5.68. The second kappa shape index (κ2) is 9.06. The van der Waals surface area contributed by atoms with Gasteiger partial charge in [-0.05, 0) is 72.9 Å². The maximum Gasteiger partial charge on any atom is 0.174 e. The van der Waals surface area contributed by atoms with Crippen LogP contribution in [-0.4, -0.2) is 21.8 Å². The Morgan fingerprint density at radius 2 is 1.85 bits per heavy atom. The molecule has 3 heterocycles. The van der Waals surface area contributed by atoms with Crippen molar-refractivity contribution >= 4 is 46.2 Å². The Labute approximate surface area is 207 Å². The molecule has 0 aliphatic carbocycles. The first-order valence-corrected chi connectivity index (χ1v) is 11.5. The van der Waals surface area contributed by atoms with E-state index in [1.54, 1.807) is 13.3 Å². The molecule has 0 unspecified atom stereocenters. The maximum absolute atomic E-state index is 6.48. The van der Waals surface area contributed by atoms with Gasteiger partial charge in [-0.3, -0.25) is 4.98 Å². The first kappa shape index (κ1) is 21.8. The Balaban J connectivity index is 1.67. The van der Waals surface area contributed by atoms with Crippen molar-refractivity contribution in [1.29, 1.82) is 0 Å². The number of aromatic nitrogens is 2. The highest BCUT2D eigenvalue weighted by atomic mass is 35.5. The van der Waals surface area contributed by atoms with Gasteiger partial charge in [-0.15, -0.1) is 0 Å². The van der Waals surface area contributed by atoms with Gasteiger partial charge in [0.15, 0.2) is 5.11 Å². The summed E-state index contributed by atoms with van der Waals surface area (Å²) in [5, 5.41) is 5.26. The number of hydrogen-bond donors (Lipinski definition) is 1. The van der Waals surface area contributed by atoms with Crippen LogP contribution in [0.15, 0.2) is 85.2 Å². The Morgan fingerprint density at radius 3 is 2.58 bits per heavy atom. The number of nitrogens with zero attached hydrogens (tertiary/aromatic N) is 3. The first-order chi connectivity index (χ1) is 16.1. The summed E-state index contributed by atoms with van der Waals surface area (Å²) in [6.07, 6.45) is 3.82. The molecule has 0 spiro atoms. The molecule has 33 heavy (non-hydrogen) atoms. The van der Waals surface area contributed by atoms with Crippen LogP contribution in [0.4, 0.5) is 5.69 Å². The number of thiocarbonyl (C=S) groups is 1. The summed E-state index contributed by atoms with van der Waals surface area (Å²) in [5.41, 5.74) is 3.76. The van der Waals surface area contributed by atoms with E-state index in [-0.39, 0.29) is 12.1 Å². The topological polar surface area (TPSA) is 42.3 Å². The number of ether oxygens (including phenoxy) is 1. The van der Waals surface area contributed by atoms with Crippen molar-refractivity contribution in [3.8, 4) is 11.4 Å². The van der Waals surface area contributed by atoms with Gasteiger partial charge in [0.05, 0.1) is 23.9 Å². The molecule has 5 nitrogen and oxygen atoms in total. The molecule has 0 amide bonds. The molecule has 0 saturated carbocycles. The third kappa shape index (κ3) is 4.06. The molecular formula is C25H20Cl2N4OS. The number of nitrogens with one attached hydrogen (secondary N) is 1. The van der Waals surface area contributed by atoms with Crippen molar-refractivity contribution in [3.05, 3.63) is 107 Å². The van der Waals surface area contributed by atoms with Crippen LogP contribution in [0.5, 0.6) is 5.75 Å². The molecule has 4 aromatic rings. The number of anilines is 1. The second-order valence-corrected chi connectivity index (χ2v) is 8.83. The summed E-state index contributed by atoms with van der Waals surface area (Å²) in [6, 6.07) is 23.1. The molecule has 1 aliphatic rings. The molecule has 2 aromatic heterocycles. The van der Waals surface area contributed by atoms with E-state index in [2.05, 4.69) is 25.8 Å². The molecule has 5 rings (SSSR count). The summed E-state index contributed by atoms with van der Waals surface area (Å²) in [6.45, 7) is 0. The van der Waals surface area contributed by atoms with Gasteiger partial charge in [0.2, 0.25) is 0 Å². The number of pyridine rings is 1. The van der Waals surface area contributed by atoms with Crippen LogP contribution in [0.2, 0.25) is 10.0 Å². The van der Waals surface area contributed by atoms with Gasteiger partial charge in [0.25, 0.3) is 0 Å². The molecule has 0 radical (unpaired) electrons. The van der Waals surface area contributed by atoms with Crippen molar-refractivity contribution in [1.82, 2.24) is 14.9 Å². The van der Waals surface area contributed by atoms with E-state index in [0.29, 0.717) is 20.9 Å². The van der Waals surface area contributed by atoms with Crippen LogP contribution >= 0.6 is 35.4 Å². The Kier molecular flexibility index (Phi) is 5.98. The number of methoxy groups -OCH3 is 1. The minimum atomic E-state index is -0.189. The van der Waals surface area contributed by atoms with E-state index in [1.165, 1.54) is 0 Å². The fraction of sp³-hybridized carbons (Fsp3) is 0.120. The Bertz CT molecular complexity index is 1310. The number of benzene rings is 2. The molecule has 2 aromatic carbocycles. The molecule has 1 aliphatic heterocycles. The van der Waals surface area contributed by atoms with Crippen molar-refractivity contribution in [3.63, 3.8) is 0 Å². The zero-order valence-corrected chi connectivity index (χ0v) is 20.0. The molecule has 1 fully saturated rings. The van der Waals surface area contributed by atoms with Gasteiger partial charge in [-0.2, -0.15) is 0 Å². The van der Waals surface area contributed by atoms with E-state index in [0.717, 1.165) is 22.8 Å². The zero-order valence-electron chi connectivity index (χ0n) is 17.7. The normalized spacial score (nSPS) is 17.8. The van der Waals surface area contributed by atoms with Crippen molar-refractivity contribution in [2.75, 3.05) is 12.0 Å². The number of rotatable bonds is 5. The molecule has 0 bridgehead atoms. The fourth-order valence-corrected chi connectivity index (χ4v) is 5.02. The van der Waals surface area contributed by atoms with Gasteiger partial charge in [-0.25, -0.2) is 0 Å². The summed E-state index contributed by atoms with van der Waals surface area (Å²) in [5.74, 6) is 0.610. The highest BCUT2D eigenvalue weighted by Gasteiger charge is 2.42. The van der Waals surface area contributed by atoms with Crippen LogP contribution in [0.3, 0.4) is 0 Å². The van der Waals surface area contributed by atoms with Gasteiger partial charge in [0, 0.05) is 34.5 Å². The summed E-state index contributed by atoms with van der Waals surface area (Å²) < 4.78 is 7.47. The molecule has 8 heteroatoms. The van der Waals surface area contributed by atoms with Crippen molar-refractivity contribution < 1.29 is 4.74 Å². The molecule has 1 saturated heterocycles. The largest absolute Gasteiger partial charge is 0.495 e.